The van der Waals surface area contributed by atoms with Crippen LogP contribution in [0.2, 0.25) is 0 Å². The molecule has 0 spiro atoms. The molecule has 3 N–H and O–H groups in total. The molecule has 8 heteroatoms. The number of fused-ring (bicyclic) bond motifs is 1. The van der Waals surface area contributed by atoms with Crippen LogP contribution >= 0.6 is 0 Å². The van der Waals surface area contributed by atoms with Gasteiger partial charge in [0, 0.05) is 75.9 Å². The summed E-state index contributed by atoms with van der Waals surface area (Å²) in [5, 5.41) is 20.2. The zero-order valence-corrected chi connectivity index (χ0v) is 16.4. The molecule has 1 fully saturated rings. The van der Waals surface area contributed by atoms with Crippen LogP contribution in [0.1, 0.15) is 23.6 Å². The highest BCUT2D eigenvalue weighted by Gasteiger charge is 2.32. The van der Waals surface area contributed by atoms with Crippen molar-refractivity contribution >= 4 is 22.8 Å². The van der Waals surface area contributed by atoms with Crippen molar-refractivity contribution in [2.24, 2.45) is 0 Å². The number of amides is 1. The molecule has 3 rings (SSSR count). The molecule has 8 nitrogen and oxygen atoms in total. The number of piperazine rings is 1. The summed E-state index contributed by atoms with van der Waals surface area (Å²) in [5.41, 5.74) is 2.33. The number of aliphatic hydroxyl groups excluding tert-OH is 1. The third-order valence-electron chi connectivity index (χ3n) is 5.40. The highest BCUT2D eigenvalue weighted by Crippen LogP contribution is 2.30. The fourth-order valence-electron chi connectivity index (χ4n) is 3.72. The number of hydrogen-bond donors (Lipinski definition) is 3. The molecule has 2 heterocycles. The number of nitrogens with zero attached hydrogens (tertiary/aromatic N) is 3. The summed E-state index contributed by atoms with van der Waals surface area (Å²) in [4.78, 5) is 32.8. The van der Waals surface area contributed by atoms with Crippen molar-refractivity contribution in [2.75, 3.05) is 46.8 Å². The van der Waals surface area contributed by atoms with E-state index in [4.69, 9.17) is 0 Å². The smallest absolute Gasteiger partial charge is 0.325 e. The monoisotopic (exact) mass is 388 g/mol. The Labute approximate surface area is 164 Å². The standard InChI is InChI=1S/C20H28N4O4/c1-22(2)18(26)5-6-23-7-9-24(10-8-23)19(20(27)28)16-12-21-17-4-3-14(13-25)11-15(16)17/h3-4,11-12,19,21,25H,5-10,13H2,1-2H3,(H,27,28)/t19-/m0/s1. The zero-order chi connectivity index (χ0) is 20.3. The average Bonchev–Trinajstić information content (AvgIpc) is 3.09. The minimum absolute atomic E-state index is 0.0807. The van der Waals surface area contributed by atoms with Crippen molar-refractivity contribution in [1.82, 2.24) is 19.7 Å². The van der Waals surface area contributed by atoms with Gasteiger partial charge in [-0.15, -0.1) is 0 Å². The molecule has 0 unspecified atom stereocenters. The first-order valence-corrected chi connectivity index (χ1v) is 9.51. The van der Waals surface area contributed by atoms with Gasteiger partial charge in [0.25, 0.3) is 0 Å². The number of hydrogen-bond acceptors (Lipinski definition) is 5. The van der Waals surface area contributed by atoms with E-state index in [1.807, 2.05) is 23.1 Å². The number of benzene rings is 1. The quantitative estimate of drug-likeness (QED) is 0.651. The van der Waals surface area contributed by atoms with Gasteiger partial charge in [0.1, 0.15) is 6.04 Å². The van der Waals surface area contributed by atoms with E-state index in [-0.39, 0.29) is 12.5 Å². The van der Waals surface area contributed by atoms with E-state index in [2.05, 4.69) is 9.88 Å². The highest BCUT2D eigenvalue weighted by molar-refractivity contribution is 5.89. The Kier molecular flexibility index (Phi) is 6.33. The van der Waals surface area contributed by atoms with Crippen molar-refractivity contribution in [3.05, 3.63) is 35.5 Å². The molecule has 152 valence electrons. The number of aromatic nitrogens is 1. The summed E-state index contributed by atoms with van der Waals surface area (Å²) in [6.07, 6.45) is 2.23. The van der Waals surface area contributed by atoms with E-state index in [1.165, 1.54) is 0 Å². The number of carboxylic acid groups (broad SMARTS) is 1. The van der Waals surface area contributed by atoms with Crippen molar-refractivity contribution in [3.8, 4) is 0 Å². The maximum atomic E-state index is 12.1. The number of aliphatic hydroxyl groups is 1. The molecule has 1 aliphatic rings. The zero-order valence-electron chi connectivity index (χ0n) is 16.4. The molecule has 2 aromatic rings. The molecule has 1 saturated heterocycles. The summed E-state index contributed by atoms with van der Waals surface area (Å²) in [6.45, 7) is 3.32. The van der Waals surface area contributed by atoms with Crippen molar-refractivity contribution < 1.29 is 19.8 Å². The second-order valence-corrected chi connectivity index (χ2v) is 7.44. The second kappa shape index (κ2) is 8.72. The summed E-state index contributed by atoms with van der Waals surface area (Å²) >= 11 is 0. The summed E-state index contributed by atoms with van der Waals surface area (Å²) in [6, 6.07) is 4.79. The van der Waals surface area contributed by atoms with E-state index in [0.717, 1.165) is 29.6 Å². The van der Waals surface area contributed by atoms with Gasteiger partial charge in [0.2, 0.25) is 5.91 Å². The van der Waals surface area contributed by atoms with Gasteiger partial charge in [-0.1, -0.05) is 6.07 Å². The molecule has 0 saturated carbocycles. The van der Waals surface area contributed by atoms with Gasteiger partial charge < -0.3 is 25.0 Å². The number of nitrogens with one attached hydrogen (secondary N) is 1. The molecular formula is C20H28N4O4. The Bertz CT molecular complexity index is 840. The topological polar surface area (TPSA) is 100 Å². The lowest BCUT2D eigenvalue weighted by molar-refractivity contribution is -0.144. The van der Waals surface area contributed by atoms with E-state index in [1.54, 1.807) is 25.2 Å². The van der Waals surface area contributed by atoms with E-state index < -0.39 is 12.0 Å². The van der Waals surface area contributed by atoms with Gasteiger partial charge >= 0.3 is 5.97 Å². The predicted molar refractivity (Wildman–Crippen MR) is 106 cm³/mol. The number of carbonyl (C=O) groups excluding carboxylic acids is 1. The van der Waals surface area contributed by atoms with Gasteiger partial charge in [-0.05, 0) is 17.7 Å². The lowest BCUT2D eigenvalue weighted by Crippen LogP contribution is -2.49. The highest BCUT2D eigenvalue weighted by atomic mass is 16.4. The van der Waals surface area contributed by atoms with Crippen LogP contribution in [0.15, 0.2) is 24.4 Å². The minimum atomic E-state index is -0.883. The minimum Gasteiger partial charge on any atom is -0.480 e. The maximum absolute atomic E-state index is 12.1. The molecule has 0 radical (unpaired) electrons. The first-order chi connectivity index (χ1) is 13.4. The van der Waals surface area contributed by atoms with Crippen LogP contribution in [-0.2, 0) is 16.2 Å². The fraction of sp³-hybridized carbons (Fsp3) is 0.500. The number of aromatic amines is 1. The lowest BCUT2D eigenvalue weighted by atomic mass is 10.0. The van der Waals surface area contributed by atoms with E-state index >= 15 is 0 Å². The summed E-state index contributed by atoms with van der Waals surface area (Å²) in [5.74, 6) is -0.782. The number of aliphatic carboxylic acids is 1. The number of carbonyl (C=O) groups is 2. The molecule has 1 atom stereocenters. The first kappa shape index (κ1) is 20.3. The Hall–Kier alpha value is -2.42. The Balaban J connectivity index is 1.71. The van der Waals surface area contributed by atoms with Crippen LogP contribution in [0.4, 0.5) is 0 Å². The number of rotatable bonds is 7. The van der Waals surface area contributed by atoms with Crippen LogP contribution < -0.4 is 0 Å². The van der Waals surface area contributed by atoms with Crippen LogP contribution in [0, 0.1) is 0 Å². The van der Waals surface area contributed by atoms with E-state index in [9.17, 15) is 19.8 Å². The Morgan fingerprint density at radius 1 is 1.21 bits per heavy atom. The normalized spacial score (nSPS) is 17.0. The molecule has 0 aliphatic carbocycles. The Morgan fingerprint density at radius 2 is 1.93 bits per heavy atom. The SMILES string of the molecule is CN(C)C(=O)CCN1CCN([C@H](C(=O)O)c2c[nH]c3ccc(CO)cc23)CC1. The third-order valence-corrected chi connectivity index (χ3v) is 5.40. The molecule has 1 aromatic carbocycles. The fourth-order valence-corrected chi connectivity index (χ4v) is 3.72. The van der Waals surface area contributed by atoms with E-state index in [0.29, 0.717) is 31.6 Å². The molecule has 1 aromatic heterocycles. The maximum Gasteiger partial charge on any atom is 0.325 e. The second-order valence-electron chi connectivity index (χ2n) is 7.44. The largest absolute Gasteiger partial charge is 0.480 e. The number of carboxylic acids is 1. The summed E-state index contributed by atoms with van der Waals surface area (Å²) in [7, 11) is 3.50. The third kappa shape index (κ3) is 4.35. The molecule has 28 heavy (non-hydrogen) atoms. The lowest BCUT2D eigenvalue weighted by Gasteiger charge is -2.37. The van der Waals surface area contributed by atoms with Gasteiger partial charge in [-0.3, -0.25) is 14.5 Å². The van der Waals surface area contributed by atoms with Crippen LogP contribution in [0.5, 0.6) is 0 Å². The van der Waals surface area contributed by atoms with Gasteiger partial charge in [0.15, 0.2) is 0 Å². The van der Waals surface area contributed by atoms with Crippen molar-refractivity contribution in [3.63, 3.8) is 0 Å². The van der Waals surface area contributed by atoms with Crippen LogP contribution in [-0.4, -0.2) is 88.6 Å². The van der Waals surface area contributed by atoms with Gasteiger partial charge in [0.05, 0.1) is 6.61 Å². The molecule has 0 bridgehead atoms. The van der Waals surface area contributed by atoms with Crippen molar-refractivity contribution in [1.29, 1.82) is 0 Å². The first-order valence-electron chi connectivity index (χ1n) is 9.51. The summed E-state index contributed by atoms with van der Waals surface area (Å²) < 4.78 is 0. The van der Waals surface area contributed by atoms with Gasteiger partial charge in [-0.2, -0.15) is 0 Å². The van der Waals surface area contributed by atoms with Gasteiger partial charge in [-0.25, -0.2) is 0 Å². The van der Waals surface area contributed by atoms with Crippen molar-refractivity contribution in [2.45, 2.75) is 19.1 Å². The molecule has 1 aliphatic heterocycles. The predicted octanol–water partition coefficient (Wildman–Crippen LogP) is 0.882. The number of H-pyrrole nitrogens is 1. The molecular weight excluding hydrogens is 360 g/mol. The molecule has 1 amide bonds. The Morgan fingerprint density at radius 3 is 2.54 bits per heavy atom. The van der Waals surface area contributed by atoms with Crippen LogP contribution in [0.3, 0.4) is 0 Å². The average molecular weight is 388 g/mol. The van der Waals surface area contributed by atoms with Crippen LogP contribution in [0.25, 0.3) is 10.9 Å².